The fourth-order valence-electron chi connectivity index (χ4n) is 3.05. The molecule has 0 aliphatic heterocycles. The molecule has 0 radical (unpaired) electrons. The number of rotatable bonds is 4. The standard InChI is InChI=1S/C16H18ClN5O/c1-9-12(8-18)7-14(17)16(19-9)20-13-4-3-11(5-13)6-15-22-21-10(2)23-15/h7,11,13H,3-6H2,1-2H3,(H,19,20)/t11-,13+/m1/s1. The second-order valence-electron chi connectivity index (χ2n) is 6.00. The van der Waals surface area contributed by atoms with Crippen molar-refractivity contribution in [1.82, 2.24) is 15.2 Å². The lowest BCUT2D eigenvalue weighted by molar-refractivity contribution is 0.416. The summed E-state index contributed by atoms with van der Waals surface area (Å²) >= 11 is 6.22. The molecule has 1 N–H and O–H groups in total. The van der Waals surface area contributed by atoms with Gasteiger partial charge in [-0.1, -0.05) is 11.6 Å². The minimum absolute atomic E-state index is 0.321. The van der Waals surface area contributed by atoms with Gasteiger partial charge in [0.05, 0.1) is 16.3 Å². The van der Waals surface area contributed by atoms with Crippen LogP contribution in [0.25, 0.3) is 0 Å². The van der Waals surface area contributed by atoms with Gasteiger partial charge in [0.2, 0.25) is 11.8 Å². The molecule has 2 atom stereocenters. The summed E-state index contributed by atoms with van der Waals surface area (Å²) in [5, 5.41) is 20.8. The zero-order valence-corrected chi connectivity index (χ0v) is 13.9. The molecule has 0 saturated heterocycles. The lowest BCUT2D eigenvalue weighted by atomic mass is 10.0. The Morgan fingerprint density at radius 3 is 2.91 bits per heavy atom. The van der Waals surface area contributed by atoms with Crippen LogP contribution in [0.1, 0.15) is 42.3 Å². The van der Waals surface area contributed by atoms with E-state index in [0.717, 1.165) is 25.7 Å². The second kappa shape index (κ2) is 6.55. The zero-order chi connectivity index (χ0) is 16.4. The van der Waals surface area contributed by atoms with Crippen LogP contribution in [0.15, 0.2) is 10.5 Å². The third-order valence-electron chi connectivity index (χ3n) is 4.20. The third-order valence-corrected chi connectivity index (χ3v) is 4.49. The molecule has 7 heteroatoms. The van der Waals surface area contributed by atoms with Gasteiger partial charge in [-0.3, -0.25) is 0 Å². The maximum atomic E-state index is 9.01. The normalized spacial score (nSPS) is 20.4. The van der Waals surface area contributed by atoms with E-state index in [0.29, 0.717) is 45.8 Å². The number of nitriles is 1. The SMILES string of the molecule is Cc1nnc(C[C@@H]2CC[C@H](Nc3nc(C)c(C#N)cc3Cl)C2)o1. The van der Waals surface area contributed by atoms with Gasteiger partial charge in [0.15, 0.2) is 0 Å². The van der Waals surface area contributed by atoms with Crippen molar-refractivity contribution < 1.29 is 4.42 Å². The summed E-state index contributed by atoms with van der Waals surface area (Å²) in [4.78, 5) is 4.41. The zero-order valence-electron chi connectivity index (χ0n) is 13.1. The number of hydrogen-bond donors (Lipinski definition) is 1. The van der Waals surface area contributed by atoms with Gasteiger partial charge in [-0.2, -0.15) is 5.26 Å². The Bertz CT molecular complexity index is 751. The molecule has 0 aromatic carbocycles. The number of hydrogen-bond acceptors (Lipinski definition) is 6. The third kappa shape index (κ3) is 3.62. The minimum atomic E-state index is 0.321. The summed E-state index contributed by atoms with van der Waals surface area (Å²) in [6.07, 6.45) is 3.98. The molecule has 23 heavy (non-hydrogen) atoms. The van der Waals surface area contributed by atoms with E-state index in [-0.39, 0.29) is 0 Å². The van der Waals surface area contributed by atoms with E-state index in [1.165, 1.54) is 0 Å². The van der Waals surface area contributed by atoms with Gasteiger partial charge in [0.25, 0.3) is 0 Å². The van der Waals surface area contributed by atoms with Crippen molar-refractivity contribution in [2.75, 3.05) is 5.32 Å². The minimum Gasteiger partial charge on any atom is -0.426 e. The fourth-order valence-corrected chi connectivity index (χ4v) is 3.25. The molecule has 2 aromatic rings. The highest BCUT2D eigenvalue weighted by atomic mass is 35.5. The van der Waals surface area contributed by atoms with E-state index in [1.54, 1.807) is 13.0 Å². The summed E-state index contributed by atoms with van der Waals surface area (Å²) in [6, 6.07) is 4.08. The van der Waals surface area contributed by atoms with Gasteiger partial charge in [-0.15, -0.1) is 10.2 Å². The molecule has 2 aromatic heterocycles. The lowest BCUT2D eigenvalue weighted by Gasteiger charge is -2.15. The number of nitrogens with one attached hydrogen (secondary N) is 1. The molecule has 120 valence electrons. The summed E-state index contributed by atoms with van der Waals surface area (Å²) < 4.78 is 5.45. The summed E-state index contributed by atoms with van der Waals surface area (Å²) in [5.74, 6) is 2.49. The average molecular weight is 332 g/mol. The van der Waals surface area contributed by atoms with E-state index in [1.807, 2.05) is 6.92 Å². The Labute approximate surface area is 139 Å². The molecular weight excluding hydrogens is 314 g/mol. The van der Waals surface area contributed by atoms with E-state index in [4.69, 9.17) is 21.3 Å². The molecular formula is C16H18ClN5O. The molecule has 0 spiro atoms. The highest BCUT2D eigenvalue weighted by Crippen LogP contribution is 2.32. The Morgan fingerprint density at radius 1 is 1.39 bits per heavy atom. The highest BCUT2D eigenvalue weighted by molar-refractivity contribution is 6.33. The van der Waals surface area contributed by atoms with Gasteiger partial charge < -0.3 is 9.73 Å². The number of anilines is 1. The Hall–Kier alpha value is -2.13. The quantitative estimate of drug-likeness (QED) is 0.923. The van der Waals surface area contributed by atoms with Crippen LogP contribution in [0.4, 0.5) is 5.82 Å². The van der Waals surface area contributed by atoms with Crippen LogP contribution >= 0.6 is 11.6 Å². The Kier molecular flexibility index (Phi) is 4.49. The molecule has 0 unspecified atom stereocenters. The topological polar surface area (TPSA) is 87.6 Å². The van der Waals surface area contributed by atoms with Crippen LogP contribution in [0.3, 0.4) is 0 Å². The van der Waals surface area contributed by atoms with Crippen LogP contribution in [-0.4, -0.2) is 21.2 Å². The molecule has 0 amide bonds. The van der Waals surface area contributed by atoms with E-state index in [2.05, 4.69) is 26.6 Å². The molecule has 3 rings (SSSR count). The first-order valence-electron chi connectivity index (χ1n) is 7.68. The predicted molar refractivity (Wildman–Crippen MR) is 86.2 cm³/mol. The molecule has 0 bridgehead atoms. The van der Waals surface area contributed by atoms with E-state index in [9.17, 15) is 0 Å². The first-order chi connectivity index (χ1) is 11.0. The van der Waals surface area contributed by atoms with Crippen LogP contribution in [-0.2, 0) is 6.42 Å². The number of aromatic nitrogens is 3. The first-order valence-corrected chi connectivity index (χ1v) is 8.05. The summed E-state index contributed by atoms with van der Waals surface area (Å²) in [6.45, 7) is 3.62. The Morgan fingerprint density at radius 2 is 2.22 bits per heavy atom. The molecule has 1 aliphatic carbocycles. The molecule has 1 aliphatic rings. The largest absolute Gasteiger partial charge is 0.426 e. The lowest BCUT2D eigenvalue weighted by Crippen LogP contribution is -2.17. The first kappa shape index (κ1) is 15.8. The van der Waals surface area contributed by atoms with Crippen LogP contribution < -0.4 is 5.32 Å². The van der Waals surface area contributed by atoms with Crippen molar-refractivity contribution in [3.63, 3.8) is 0 Å². The molecule has 2 heterocycles. The number of halogens is 1. The predicted octanol–water partition coefficient (Wildman–Crippen LogP) is 3.43. The van der Waals surface area contributed by atoms with Crippen molar-refractivity contribution in [1.29, 1.82) is 5.26 Å². The monoisotopic (exact) mass is 331 g/mol. The van der Waals surface area contributed by atoms with Crippen LogP contribution in [0.5, 0.6) is 0 Å². The van der Waals surface area contributed by atoms with Crippen molar-refractivity contribution in [2.45, 2.75) is 45.6 Å². The van der Waals surface area contributed by atoms with Gasteiger partial charge in [-0.25, -0.2) is 4.98 Å². The van der Waals surface area contributed by atoms with E-state index >= 15 is 0 Å². The number of pyridine rings is 1. The van der Waals surface area contributed by atoms with Crippen molar-refractivity contribution >= 4 is 17.4 Å². The van der Waals surface area contributed by atoms with Crippen molar-refractivity contribution in [3.8, 4) is 6.07 Å². The fraction of sp³-hybridized carbons (Fsp3) is 0.500. The average Bonchev–Trinajstić information content (AvgIpc) is 3.12. The van der Waals surface area contributed by atoms with Crippen molar-refractivity contribution in [2.24, 2.45) is 5.92 Å². The van der Waals surface area contributed by atoms with Crippen molar-refractivity contribution in [3.05, 3.63) is 34.1 Å². The van der Waals surface area contributed by atoms with Crippen LogP contribution in [0, 0.1) is 31.1 Å². The second-order valence-corrected chi connectivity index (χ2v) is 6.41. The van der Waals surface area contributed by atoms with E-state index < -0.39 is 0 Å². The maximum Gasteiger partial charge on any atom is 0.216 e. The number of nitrogens with zero attached hydrogens (tertiary/aromatic N) is 4. The molecule has 6 nitrogen and oxygen atoms in total. The van der Waals surface area contributed by atoms with Gasteiger partial charge >= 0.3 is 0 Å². The smallest absolute Gasteiger partial charge is 0.216 e. The van der Waals surface area contributed by atoms with Crippen LogP contribution in [0.2, 0.25) is 5.02 Å². The number of aryl methyl sites for hydroxylation is 2. The molecule has 1 fully saturated rings. The highest BCUT2D eigenvalue weighted by Gasteiger charge is 2.27. The Balaban J connectivity index is 1.62. The summed E-state index contributed by atoms with van der Waals surface area (Å²) in [5.41, 5.74) is 1.20. The maximum absolute atomic E-state index is 9.01. The van der Waals surface area contributed by atoms with Gasteiger partial charge in [0.1, 0.15) is 11.9 Å². The molecule has 1 saturated carbocycles. The summed E-state index contributed by atoms with van der Waals surface area (Å²) in [7, 11) is 0. The van der Waals surface area contributed by atoms with Gasteiger partial charge in [0, 0.05) is 19.4 Å². The van der Waals surface area contributed by atoms with Gasteiger partial charge in [-0.05, 0) is 38.2 Å².